The Kier molecular flexibility index (Phi) is 4.11. The summed E-state index contributed by atoms with van der Waals surface area (Å²) in [6.45, 7) is 6.25. The zero-order valence-electron chi connectivity index (χ0n) is 6.81. The van der Waals surface area contributed by atoms with E-state index in [1.54, 1.807) is 0 Å². The van der Waals surface area contributed by atoms with Crippen molar-refractivity contribution in [1.82, 2.24) is 10.2 Å². The molecule has 0 saturated heterocycles. The van der Waals surface area contributed by atoms with Gasteiger partial charge in [0.1, 0.15) is 0 Å². The van der Waals surface area contributed by atoms with Crippen LogP contribution >= 0.6 is 28.3 Å². The van der Waals surface area contributed by atoms with E-state index in [0.29, 0.717) is 5.92 Å². The van der Waals surface area contributed by atoms with Crippen LogP contribution in [-0.2, 0) is 0 Å². The summed E-state index contributed by atoms with van der Waals surface area (Å²) in [5, 5.41) is 7.06. The van der Waals surface area contributed by atoms with Crippen LogP contribution in [0, 0.1) is 6.92 Å². The van der Waals surface area contributed by atoms with Crippen LogP contribution in [0.15, 0.2) is 4.47 Å². The minimum atomic E-state index is 0. The number of halogens is 2. The van der Waals surface area contributed by atoms with Gasteiger partial charge in [-0.3, -0.25) is 5.10 Å². The highest BCUT2D eigenvalue weighted by Crippen LogP contribution is 2.24. The number of aromatic nitrogens is 2. The molecule has 64 valence electrons. The van der Waals surface area contributed by atoms with Crippen LogP contribution < -0.4 is 0 Å². The fourth-order valence-corrected chi connectivity index (χ4v) is 1.45. The molecule has 11 heavy (non-hydrogen) atoms. The number of nitrogens with zero attached hydrogens (tertiary/aromatic N) is 1. The smallest absolute Gasteiger partial charge is 0.0792 e. The number of hydrogen-bond acceptors (Lipinski definition) is 1. The minimum absolute atomic E-state index is 0. The van der Waals surface area contributed by atoms with Crippen LogP contribution in [0.1, 0.15) is 31.2 Å². The lowest BCUT2D eigenvalue weighted by Gasteiger charge is -1.98. The van der Waals surface area contributed by atoms with Gasteiger partial charge in [-0.15, -0.1) is 12.4 Å². The minimum Gasteiger partial charge on any atom is -0.281 e. The molecule has 0 radical (unpaired) electrons. The lowest BCUT2D eigenvalue weighted by Crippen LogP contribution is -1.87. The molecule has 0 aromatic carbocycles. The van der Waals surface area contributed by atoms with E-state index in [1.165, 1.54) is 0 Å². The summed E-state index contributed by atoms with van der Waals surface area (Å²) in [6, 6.07) is 0. The molecular weight excluding hydrogens is 227 g/mol. The number of nitrogens with one attached hydrogen (secondary N) is 1. The highest BCUT2D eigenvalue weighted by molar-refractivity contribution is 9.10. The molecular formula is C7H12BrClN2. The highest BCUT2D eigenvalue weighted by atomic mass is 79.9. The maximum absolute atomic E-state index is 4.14. The average Bonchev–Trinajstić information content (AvgIpc) is 2.14. The van der Waals surface area contributed by atoms with Crippen LogP contribution in [-0.4, -0.2) is 10.2 Å². The largest absolute Gasteiger partial charge is 0.281 e. The molecule has 0 unspecified atom stereocenters. The quantitative estimate of drug-likeness (QED) is 0.802. The molecule has 1 N–H and O–H groups in total. The molecule has 1 aromatic rings. The molecule has 0 aliphatic carbocycles. The van der Waals surface area contributed by atoms with Crippen LogP contribution in [0.4, 0.5) is 0 Å². The first-order valence-electron chi connectivity index (χ1n) is 3.33. The monoisotopic (exact) mass is 238 g/mol. The van der Waals surface area contributed by atoms with Gasteiger partial charge in [0.15, 0.2) is 0 Å². The second kappa shape index (κ2) is 4.12. The number of aromatic amines is 1. The Morgan fingerprint density at radius 1 is 1.45 bits per heavy atom. The lowest BCUT2D eigenvalue weighted by molar-refractivity contribution is 0.806. The molecule has 0 bridgehead atoms. The molecule has 1 aromatic heterocycles. The summed E-state index contributed by atoms with van der Waals surface area (Å²) in [4.78, 5) is 0. The van der Waals surface area contributed by atoms with Gasteiger partial charge >= 0.3 is 0 Å². The summed E-state index contributed by atoms with van der Waals surface area (Å²) < 4.78 is 1.11. The zero-order chi connectivity index (χ0) is 7.72. The highest BCUT2D eigenvalue weighted by Gasteiger charge is 2.09. The molecule has 0 amide bonds. The third kappa shape index (κ3) is 2.20. The number of aryl methyl sites for hydroxylation is 1. The molecule has 2 nitrogen and oxygen atoms in total. The summed E-state index contributed by atoms with van der Waals surface area (Å²) in [5.41, 5.74) is 2.21. The Hall–Kier alpha value is -0.0200. The van der Waals surface area contributed by atoms with Gasteiger partial charge in [0, 0.05) is 5.69 Å². The molecule has 0 aliphatic heterocycles. The first-order chi connectivity index (χ1) is 4.63. The van der Waals surface area contributed by atoms with Crippen molar-refractivity contribution in [1.29, 1.82) is 0 Å². The Morgan fingerprint density at radius 2 is 2.00 bits per heavy atom. The van der Waals surface area contributed by atoms with Crippen molar-refractivity contribution in [2.24, 2.45) is 0 Å². The van der Waals surface area contributed by atoms with Crippen LogP contribution in [0.5, 0.6) is 0 Å². The van der Waals surface area contributed by atoms with E-state index < -0.39 is 0 Å². The average molecular weight is 240 g/mol. The fourth-order valence-electron chi connectivity index (χ4n) is 0.817. The summed E-state index contributed by atoms with van der Waals surface area (Å²) in [7, 11) is 0. The molecule has 0 saturated carbocycles. The molecule has 0 fully saturated rings. The van der Waals surface area contributed by atoms with E-state index >= 15 is 0 Å². The van der Waals surface area contributed by atoms with E-state index in [-0.39, 0.29) is 12.4 Å². The maximum Gasteiger partial charge on any atom is 0.0792 e. The van der Waals surface area contributed by atoms with Gasteiger partial charge in [0.25, 0.3) is 0 Å². The van der Waals surface area contributed by atoms with Gasteiger partial charge in [0.2, 0.25) is 0 Å². The van der Waals surface area contributed by atoms with Crippen molar-refractivity contribution in [2.45, 2.75) is 26.7 Å². The second-order valence-corrected chi connectivity index (χ2v) is 3.50. The number of hydrogen-bond donors (Lipinski definition) is 1. The SMILES string of the molecule is Cc1[nH]nc(C(C)C)c1Br.Cl. The maximum atomic E-state index is 4.14. The molecule has 4 heteroatoms. The third-order valence-corrected chi connectivity index (χ3v) is 2.45. The number of rotatable bonds is 1. The summed E-state index contributed by atoms with van der Waals surface area (Å²) in [5.74, 6) is 0.485. The van der Waals surface area contributed by atoms with E-state index in [0.717, 1.165) is 15.9 Å². The first-order valence-corrected chi connectivity index (χ1v) is 4.12. The zero-order valence-corrected chi connectivity index (χ0v) is 9.21. The van der Waals surface area contributed by atoms with Crippen molar-refractivity contribution < 1.29 is 0 Å². The first kappa shape index (κ1) is 11.0. The van der Waals surface area contributed by atoms with Gasteiger partial charge in [-0.25, -0.2) is 0 Å². The van der Waals surface area contributed by atoms with E-state index in [9.17, 15) is 0 Å². The molecule has 1 heterocycles. The topological polar surface area (TPSA) is 28.7 Å². The van der Waals surface area contributed by atoms with Crippen molar-refractivity contribution in [2.75, 3.05) is 0 Å². The normalized spacial score (nSPS) is 9.91. The van der Waals surface area contributed by atoms with Crippen molar-refractivity contribution in [3.05, 3.63) is 15.9 Å². The van der Waals surface area contributed by atoms with Crippen LogP contribution in [0.3, 0.4) is 0 Å². The molecule has 1 rings (SSSR count). The van der Waals surface area contributed by atoms with Crippen molar-refractivity contribution in [3.63, 3.8) is 0 Å². The van der Waals surface area contributed by atoms with Gasteiger partial charge in [0.05, 0.1) is 10.2 Å². The van der Waals surface area contributed by atoms with Gasteiger partial charge in [-0.05, 0) is 28.8 Å². The van der Waals surface area contributed by atoms with Gasteiger partial charge < -0.3 is 0 Å². The van der Waals surface area contributed by atoms with E-state index in [2.05, 4.69) is 40.0 Å². The van der Waals surface area contributed by atoms with Crippen molar-refractivity contribution >= 4 is 28.3 Å². The Morgan fingerprint density at radius 3 is 2.18 bits per heavy atom. The second-order valence-electron chi connectivity index (χ2n) is 2.70. The van der Waals surface area contributed by atoms with Gasteiger partial charge in [-0.1, -0.05) is 13.8 Å². The number of H-pyrrole nitrogens is 1. The predicted molar refractivity (Wildman–Crippen MR) is 52.4 cm³/mol. The lowest BCUT2D eigenvalue weighted by atomic mass is 10.1. The molecule has 0 aliphatic rings. The summed E-state index contributed by atoms with van der Waals surface area (Å²) >= 11 is 3.46. The van der Waals surface area contributed by atoms with Crippen molar-refractivity contribution in [3.8, 4) is 0 Å². The predicted octanol–water partition coefficient (Wildman–Crippen LogP) is 3.03. The van der Waals surface area contributed by atoms with Crippen LogP contribution in [0.2, 0.25) is 0 Å². The van der Waals surface area contributed by atoms with Gasteiger partial charge in [-0.2, -0.15) is 5.10 Å². The molecule has 0 spiro atoms. The third-order valence-electron chi connectivity index (χ3n) is 1.45. The molecule has 0 atom stereocenters. The van der Waals surface area contributed by atoms with E-state index in [4.69, 9.17) is 0 Å². The van der Waals surface area contributed by atoms with Crippen LogP contribution in [0.25, 0.3) is 0 Å². The Labute approximate surface area is 81.3 Å². The Bertz CT molecular complexity index is 232. The summed E-state index contributed by atoms with van der Waals surface area (Å²) in [6.07, 6.45) is 0. The fraction of sp³-hybridized carbons (Fsp3) is 0.571. The Balaban J connectivity index is 0.000001000. The standard InChI is InChI=1S/C7H11BrN2.ClH/c1-4(2)7-6(8)5(3)9-10-7;/h4H,1-3H3,(H,9,10);1H. The van der Waals surface area contributed by atoms with E-state index in [1.807, 2.05) is 6.92 Å².